The molecule has 23 heavy (non-hydrogen) atoms. The summed E-state index contributed by atoms with van der Waals surface area (Å²) in [5, 5.41) is 15.1. The smallest absolute Gasteiger partial charge is 0.191 e. The monoisotopic (exact) mass is 320 g/mol. The largest absolute Gasteiger partial charge is 0.355 e. The molecule has 2 N–H and O–H groups in total. The molecule has 0 spiro atoms. The van der Waals surface area contributed by atoms with Gasteiger partial charge in [-0.15, -0.1) is 10.2 Å². The fraction of sp³-hybridized carbons (Fsp3) is 0.824. The number of guanidine groups is 1. The predicted molar refractivity (Wildman–Crippen MR) is 94.6 cm³/mol. The second-order valence-electron chi connectivity index (χ2n) is 6.44. The summed E-state index contributed by atoms with van der Waals surface area (Å²) in [4.78, 5) is 4.35. The minimum absolute atomic E-state index is 0.565. The summed E-state index contributed by atoms with van der Waals surface area (Å²) in [6.45, 7) is 6.08. The molecule has 6 heteroatoms. The van der Waals surface area contributed by atoms with Crippen LogP contribution in [0.15, 0.2) is 11.3 Å². The van der Waals surface area contributed by atoms with E-state index >= 15 is 0 Å². The van der Waals surface area contributed by atoms with Gasteiger partial charge in [-0.25, -0.2) is 0 Å². The highest BCUT2D eigenvalue weighted by molar-refractivity contribution is 5.79. The van der Waals surface area contributed by atoms with E-state index in [4.69, 9.17) is 0 Å². The molecule has 0 radical (unpaired) electrons. The first kappa shape index (κ1) is 17.8. The van der Waals surface area contributed by atoms with Crippen LogP contribution in [0.3, 0.4) is 0 Å². The zero-order chi connectivity index (χ0) is 16.5. The average Bonchev–Trinajstić information content (AvgIpc) is 3.03. The van der Waals surface area contributed by atoms with Gasteiger partial charge in [0.1, 0.15) is 12.2 Å². The molecule has 0 saturated heterocycles. The van der Waals surface area contributed by atoms with Gasteiger partial charge in [0.25, 0.3) is 0 Å². The number of aromatic nitrogens is 3. The standard InChI is InChI=1S/C17H32N6/c1-4-6-14-7-9-15(10-8-14)21-17(18-3)19-11-12-23-13-20-22-16(23)5-2/h13-15H,4-12H2,1-3H3,(H2,18,19,21). The SMILES string of the molecule is CCCC1CCC(NC(=NC)NCCn2cnnc2CC)CC1. The number of aliphatic imine (C=N–C) groups is 1. The Morgan fingerprint density at radius 3 is 2.74 bits per heavy atom. The molecule has 1 fully saturated rings. The Labute approximate surface area is 140 Å². The second kappa shape index (κ2) is 9.53. The first-order valence-electron chi connectivity index (χ1n) is 9.10. The Hall–Kier alpha value is -1.59. The molecule has 1 aliphatic rings. The van der Waals surface area contributed by atoms with Crippen molar-refractivity contribution in [2.24, 2.45) is 10.9 Å². The van der Waals surface area contributed by atoms with Crippen LogP contribution in [0.2, 0.25) is 0 Å². The highest BCUT2D eigenvalue weighted by Gasteiger charge is 2.21. The summed E-state index contributed by atoms with van der Waals surface area (Å²) in [5.74, 6) is 2.88. The highest BCUT2D eigenvalue weighted by Crippen LogP contribution is 2.27. The number of hydrogen-bond acceptors (Lipinski definition) is 3. The lowest BCUT2D eigenvalue weighted by molar-refractivity contribution is 0.295. The van der Waals surface area contributed by atoms with E-state index in [0.717, 1.165) is 37.2 Å². The van der Waals surface area contributed by atoms with Crippen molar-refractivity contribution in [2.45, 2.75) is 71.4 Å². The van der Waals surface area contributed by atoms with Crippen molar-refractivity contribution in [3.63, 3.8) is 0 Å². The molecule has 0 aromatic carbocycles. The third-order valence-corrected chi connectivity index (χ3v) is 4.77. The van der Waals surface area contributed by atoms with Crippen molar-refractivity contribution in [1.29, 1.82) is 0 Å². The summed E-state index contributed by atoms with van der Waals surface area (Å²) in [6.07, 6.45) is 10.6. The molecule has 1 saturated carbocycles. The Kier molecular flexibility index (Phi) is 7.36. The fourth-order valence-electron chi connectivity index (χ4n) is 3.43. The van der Waals surface area contributed by atoms with E-state index in [9.17, 15) is 0 Å². The number of aryl methyl sites for hydroxylation is 1. The molecule has 0 unspecified atom stereocenters. The van der Waals surface area contributed by atoms with Crippen molar-refractivity contribution < 1.29 is 0 Å². The number of rotatable bonds is 7. The van der Waals surface area contributed by atoms with E-state index in [1.165, 1.54) is 38.5 Å². The van der Waals surface area contributed by atoms with Crippen molar-refractivity contribution >= 4 is 5.96 Å². The van der Waals surface area contributed by atoms with Gasteiger partial charge in [0, 0.05) is 32.6 Å². The maximum absolute atomic E-state index is 4.35. The molecule has 1 heterocycles. The van der Waals surface area contributed by atoms with E-state index in [0.29, 0.717) is 6.04 Å². The fourth-order valence-corrected chi connectivity index (χ4v) is 3.43. The van der Waals surface area contributed by atoms with Crippen LogP contribution in [0.4, 0.5) is 0 Å². The lowest BCUT2D eigenvalue weighted by atomic mass is 9.83. The predicted octanol–water partition coefficient (Wildman–Crippen LogP) is 2.36. The summed E-state index contributed by atoms with van der Waals surface area (Å²) >= 11 is 0. The minimum atomic E-state index is 0.565. The molecule has 0 bridgehead atoms. The van der Waals surface area contributed by atoms with E-state index in [1.54, 1.807) is 6.33 Å². The Bertz CT molecular complexity index is 473. The molecule has 130 valence electrons. The van der Waals surface area contributed by atoms with E-state index in [2.05, 4.69) is 44.2 Å². The van der Waals surface area contributed by atoms with Gasteiger partial charge in [0.15, 0.2) is 5.96 Å². The van der Waals surface area contributed by atoms with Crippen LogP contribution >= 0.6 is 0 Å². The number of hydrogen-bond donors (Lipinski definition) is 2. The normalized spacial score (nSPS) is 22.1. The number of nitrogens with zero attached hydrogens (tertiary/aromatic N) is 4. The van der Waals surface area contributed by atoms with Crippen LogP contribution in [-0.2, 0) is 13.0 Å². The van der Waals surface area contributed by atoms with Crippen LogP contribution in [0.25, 0.3) is 0 Å². The van der Waals surface area contributed by atoms with Crippen molar-refractivity contribution in [3.8, 4) is 0 Å². The van der Waals surface area contributed by atoms with Gasteiger partial charge in [-0.05, 0) is 31.6 Å². The van der Waals surface area contributed by atoms with Gasteiger partial charge in [-0.1, -0.05) is 26.7 Å². The molecule has 1 aromatic rings. The first-order valence-corrected chi connectivity index (χ1v) is 9.10. The maximum atomic E-state index is 4.35. The van der Waals surface area contributed by atoms with Crippen LogP contribution in [0.1, 0.15) is 58.2 Å². The average molecular weight is 320 g/mol. The van der Waals surface area contributed by atoms with Gasteiger partial charge in [-0.3, -0.25) is 4.99 Å². The second-order valence-corrected chi connectivity index (χ2v) is 6.44. The maximum Gasteiger partial charge on any atom is 0.191 e. The van der Waals surface area contributed by atoms with Gasteiger partial charge in [0.2, 0.25) is 0 Å². The minimum Gasteiger partial charge on any atom is -0.355 e. The summed E-state index contributed by atoms with van der Waals surface area (Å²) in [5.41, 5.74) is 0. The molecule has 1 aliphatic carbocycles. The van der Waals surface area contributed by atoms with Crippen LogP contribution in [-0.4, -0.2) is 40.4 Å². The van der Waals surface area contributed by atoms with Crippen LogP contribution < -0.4 is 10.6 Å². The third-order valence-electron chi connectivity index (χ3n) is 4.77. The van der Waals surface area contributed by atoms with Gasteiger partial charge in [-0.2, -0.15) is 0 Å². The lowest BCUT2D eigenvalue weighted by Crippen LogP contribution is -2.45. The van der Waals surface area contributed by atoms with E-state index in [-0.39, 0.29) is 0 Å². The summed E-state index contributed by atoms with van der Waals surface area (Å²) in [7, 11) is 1.84. The Balaban J connectivity index is 1.70. The Morgan fingerprint density at radius 2 is 2.09 bits per heavy atom. The van der Waals surface area contributed by atoms with E-state index < -0.39 is 0 Å². The summed E-state index contributed by atoms with van der Waals surface area (Å²) < 4.78 is 2.09. The molecule has 1 aromatic heterocycles. The molecule has 0 amide bonds. The zero-order valence-corrected chi connectivity index (χ0v) is 14.9. The topological polar surface area (TPSA) is 67.1 Å². The highest BCUT2D eigenvalue weighted by atomic mass is 15.3. The molecular formula is C17H32N6. The van der Waals surface area contributed by atoms with Gasteiger partial charge >= 0.3 is 0 Å². The van der Waals surface area contributed by atoms with E-state index in [1.807, 2.05) is 7.05 Å². The Morgan fingerprint density at radius 1 is 1.30 bits per heavy atom. The zero-order valence-electron chi connectivity index (χ0n) is 14.9. The molecule has 2 rings (SSSR count). The van der Waals surface area contributed by atoms with Crippen LogP contribution in [0.5, 0.6) is 0 Å². The van der Waals surface area contributed by atoms with Crippen molar-refractivity contribution in [1.82, 2.24) is 25.4 Å². The number of nitrogens with one attached hydrogen (secondary N) is 2. The quantitative estimate of drug-likeness (QED) is 0.598. The third kappa shape index (κ3) is 5.52. The van der Waals surface area contributed by atoms with Crippen molar-refractivity contribution in [3.05, 3.63) is 12.2 Å². The summed E-state index contributed by atoms with van der Waals surface area (Å²) in [6, 6.07) is 0.565. The molecule has 0 atom stereocenters. The van der Waals surface area contributed by atoms with Crippen molar-refractivity contribution in [2.75, 3.05) is 13.6 Å². The lowest BCUT2D eigenvalue weighted by Gasteiger charge is -2.30. The molecule has 6 nitrogen and oxygen atoms in total. The van der Waals surface area contributed by atoms with Crippen LogP contribution in [0, 0.1) is 5.92 Å². The molecule has 0 aliphatic heterocycles. The van der Waals surface area contributed by atoms with Gasteiger partial charge < -0.3 is 15.2 Å². The van der Waals surface area contributed by atoms with Gasteiger partial charge in [0.05, 0.1) is 0 Å². The first-order chi connectivity index (χ1) is 11.3. The molecular weight excluding hydrogens is 288 g/mol.